The maximum Gasteiger partial charge on any atom is 0.0900 e. The standard InChI is InChI=1S/C10H21NO3/c1-8(2)14-7-10(13)5-11-3-9(4-11)6-12/h8-10,12-13H,3-7H2,1-2H3. The van der Waals surface area contributed by atoms with Gasteiger partial charge >= 0.3 is 0 Å². The predicted octanol–water partition coefficient (Wildman–Crippen LogP) is -0.304. The third kappa shape index (κ3) is 3.92. The summed E-state index contributed by atoms with van der Waals surface area (Å²) in [6.45, 7) is 7.02. The van der Waals surface area contributed by atoms with Crippen LogP contribution < -0.4 is 0 Å². The fourth-order valence-corrected chi connectivity index (χ4v) is 1.60. The summed E-state index contributed by atoms with van der Waals surface area (Å²) >= 11 is 0. The third-order valence-electron chi connectivity index (χ3n) is 2.38. The number of ether oxygens (including phenoxy) is 1. The topological polar surface area (TPSA) is 52.9 Å². The largest absolute Gasteiger partial charge is 0.396 e. The molecule has 1 unspecified atom stereocenters. The summed E-state index contributed by atoms with van der Waals surface area (Å²) in [7, 11) is 0. The fourth-order valence-electron chi connectivity index (χ4n) is 1.60. The van der Waals surface area contributed by atoms with Crippen molar-refractivity contribution < 1.29 is 14.9 Å². The van der Waals surface area contributed by atoms with Gasteiger partial charge in [-0.25, -0.2) is 0 Å². The summed E-state index contributed by atoms with van der Waals surface area (Å²) in [5, 5.41) is 18.4. The van der Waals surface area contributed by atoms with Crippen molar-refractivity contribution in [3.05, 3.63) is 0 Å². The summed E-state index contributed by atoms with van der Waals surface area (Å²) in [5.41, 5.74) is 0. The Morgan fingerprint density at radius 2 is 2.07 bits per heavy atom. The van der Waals surface area contributed by atoms with E-state index < -0.39 is 6.10 Å². The second kappa shape index (κ2) is 5.66. The molecule has 0 bridgehead atoms. The molecular formula is C10H21NO3. The Bertz CT molecular complexity index is 157. The SMILES string of the molecule is CC(C)OCC(O)CN1CC(CO)C1. The minimum atomic E-state index is -0.406. The lowest BCUT2D eigenvalue weighted by Crippen LogP contribution is -2.51. The highest BCUT2D eigenvalue weighted by Gasteiger charge is 2.27. The molecule has 0 aromatic rings. The second-order valence-corrected chi connectivity index (χ2v) is 4.30. The van der Waals surface area contributed by atoms with Crippen LogP contribution >= 0.6 is 0 Å². The quantitative estimate of drug-likeness (QED) is 0.622. The molecule has 1 heterocycles. The van der Waals surface area contributed by atoms with Crippen molar-refractivity contribution in [3.8, 4) is 0 Å². The van der Waals surface area contributed by atoms with E-state index in [0.29, 0.717) is 19.1 Å². The molecule has 1 aliphatic heterocycles. The van der Waals surface area contributed by atoms with E-state index in [9.17, 15) is 5.11 Å². The Balaban J connectivity index is 2.01. The van der Waals surface area contributed by atoms with E-state index in [1.54, 1.807) is 0 Å². The molecule has 1 rings (SSSR count). The van der Waals surface area contributed by atoms with Crippen molar-refractivity contribution in [3.63, 3.8) is 0 Å². The molecule has 0 spiro atoms. The zero-order chi connectivity index (χ0) is 10.6. The van der Waals surface area contributed by atoms with Crippen LogP contribution in [0.1, 0.15) is 13.8 Å². The van der Waals surface area contributed by atoms with Gasteiger partial charge in [-0.2, -0.15) is 0 Å². The summed E-state index contributed by atoms with van der Waals surface area (Å²) < 4.78 is 5.30. The molecule has 0 saturated carbocycles. The minimum Gasteiger partial charge on any atom is -0.396 e. The van der Waals surface area contributed by atoms with E-state index in [4.69, 9.17) is 9.84 Å². The van der Waals surface area contributed by atoms with Gasteiger partial charge in [0, 0.05) is 32.2 Å². The molecule has 1 atom stereocenters. The average Bonchev–Trinajstić information content (AvgIpc) is 2.07. The van der Waals surface area contributed by atoms with Crippen LogP contribution in [0, 0.1) is 5.92 Å². The second-order valence-electron chi connectivity index (χ2n) is 4.30. The van der Waals surface area contributed by atoms with Gasteiger partial charge in [-0.1, -0.05) is 0 Å². The monoisotopic (exact) mass is 203 g/mol. The number of hydrogen-bond donors (Lipinski definition) is 2. The zero-order valence-corrected chi connectivity index (χ0v) is 9.02. The number of rotatable bonds is 6. The van der Waals surface area contributed by atoms with Gasteiger partial charge in [0.1, 0.15) is 0 Å². The first kappa shape index (κ1) is 11.9. The van der Waals surface area contributed by atoms with Crippen molar-refractivity contribution in [2.45, 2.75) is 26.1 Å². The molecular weight excluding hydrogens is 182 g/mol. The molecule has 0 aliphatic carbocycles. The van der Waals surface area contributed by atoms with Crippen LogP contribution in [0.25, 0.3) is 0 Å². The van der Waals surface area contributed by atoms with Gasteiger partial charge in [0.15, 0.2) is 0 Å². The van der Waals surface area contributed by atoms with Crippen LogP contribution in [0.4, 0.5) is 0 Å². The van der Waals surface area contributed by atoms with E-state index in [2.05, 4.69) is 4.90 Å². The first-order valence-corrected chi connectivity index (χ1v) is 5.24. The highest BCUT2D eigenvalue weighted by molar-refractivity contribution is 4.80. The molecule has 84 valence electrons. The maximum absolute atomic E-state index is 9.56. The summed E-state index contributed by atoms with van der Waals surface area (Å²) in [6, 6.07) is 0. The highest BCUT2D eigenvalue weighted by Crippen LogP contribution is 2.14. The number of β-amino-alcohol motifs (C(OH)–C–C–N with tert-alkyl or cyclic N) is 1. The Kier molecular flexibility index (Phi) is 4.81. The Morgan fingerprint density at radius 3 is 2.57 bits per heavy atom. The van der Waals surface area contributed by atoms with Crippen LogP contribution in [0.5, 0.6) is 0 Å². The highest BCUT2D eigenvalue weighted by atomic mass is 16.5. The van der Waals surface area contributed by atoms with Crippen LogP contribution in [-0.4, -0.2) is 60.2 Å². The number of aliphatic hydroxyl groups is 2. The zero-order valence-electron chi connectivity index (χ0n) is 9.02. The molecule has 0 aromatic carbocycles. The normalized spacial score (nSPS) is 21.2. The van der Waals surface area contributed by atoms with Crippen molar-refractivity contribution in [1.29, 1.82) is 0 Å². The maximum atomic E-state index is 9.56. The number of hydrogen-bond acceptors (Lipinski definition) is 4. The lowest BCUT2D eigenvalue weighted by Gasteiger charge is -2.39. The molecule has 4 heteroatoms. The predicted molar refractivity (Wildman–Crippen MR) is 54.1 cm³/mol. The van der Waals surface area contributed by atoms with Gasteiger partial charge in [0.05, 0.1) is 18.8 Å². The number of aliphatic hydroxyl groups excluding tert-OH is 2. The lowest BCUT2D eigenvalue weighted by molar-refractivity contribution is -0.0332. The summed E-state index contributed by atoms with van der Waals surface area (Å²) in [5.74, 6) is 0.410. The molecule has 0 amide bonds. The van der Waals surface area contributed by atoms with Gasteiger partial charge in [-0.3, -0.25) is 4.90 Å². The first-order valence-electron chi connectivity index (χ1n) is 5.24. The van der Waals surface area contributed by atoms with E-state index in [-0.39, 0.29) is 12.7 Å². The molecule has 1 aliphatic rings. The third-order valence-corrected chi connectivity index (χ3v) is 2.38. The van der Waals surface area contributed by atoms with Gasteiger partial charge in [-0.05, 0) is 13.8 Å². The molecule has 0 aromatic heterocycles. The summed E-state index contributed by atoms with van der Waals surface area (Å²) in [4.78, 5) is 2.13. The van der Waals surface area contributed by atoms with Crippen LogP contribution in [0.2, 0.25) is 0 Å². The van der Waals surface area contributed by atoms with Gasteiger partial charge in [0.25, 0.3) is 0 Å². The van der Waals surface area contributed by atoms with E-state index in [1.165, 1.54) is 0 Å². The van der Waals surface area contributed by atoms with Crippen molar-refractivity contribution in [1.82, 2.24) is 4.90 Å². The van der Waals surface area contributed by atoms with Crippen molar-refractivity contribution in [2.75, 3.05) is 32.8 Å². The Labute approximate surface area is 85.5 Å². The van der Waals surface area contributed by atoms with Crippen molar-refractivity contribution >= 4 is 0 Å². The van der Waals surface area contributed by atoms with Gasteiger partial charge < -0.3 is 14.9 Å². The molecule has 2 N–H and O–H groups in total. The smallest absolute Gasteiger partial charge is 0.0900 e. The fraction of sp³-hybridized carbons (Fsp3) is 1.00. The molecule has 0 radical (unpaired) electrons. The van der Waals surface area contributed by atoms with E-state index in [1.807, 2.05) is 13.8 Å². The van der Waals surface area contributed by atoms with E-state index >= 15 is 0 Å². The summed E-state index contributed by atoms with van der Waals surface area (Å²) in [6.07, 6.45) is -0.233. The average molecular weight is 203 g/mol. The Hall–Kier alpha value is -0.160. The van der Waals surface area contributed by atoms with E-state index in [0.717, 1.165) is 13.1 Å². The molecule has 1 saturated heterocycles. The van der Waals surface area contributed by atoms with Crippen molar-refractivity contribution in [2.24, 2.45) is 5.92 Å². The lowest BCUT2D eigenvalue weighted by atomic mass is 10.0. The van der Waals surface area contributed by atoms with Crippen LogP contribution in [0.15, 0.2) is 0 Å². The number of nitrogens with zero attached hydrogens (tertiary/aromatic N) is 1. The number of likely N-dealkylation sites (tertiary alicyclic amines) is 1. The van der Waals surface area contributed by atoms with Gasteiger partial charge in [0.2, 0.25) is 0 Å². The van der Waals surface area contributed by atoms with Crippen LogP contribution in [-0.2, 0) is 4.74 Å². The molecule has 4 nitrogen and oxygen atoms in total. The molecule has 14 heavy (non-hydrogen) atoms. The Morgan fingerprint density at radius 1 is 1.43 bits per heavy atom. The first-order chi connectivity index (χ1) is 6.61. The van der Waals surface area contributed by atoms with Crippen LogP contribution in [0.3, 0.4) is 0 Å². The molecule has 1 fully saturated rings. The van der Waals surface area contributed by atoms with Gasteiger partial charge in [-0.15, -0.1) is 0 Å². The minimum absolute atomic E-state index is 0.172.